The number of benzene rings is 1. The molecule has 0 atom stereocenters. The Balaban J connectivity index is 2.55. The number of rotatable bonds is 3. The first-order valence-electron chi connectivity index (χ1n) is 5.12. The minimum absolute atomic E-state index is 0.225. The lowest BCUT2D eigenvalue weighted by molar-refractivity contribution is -0.123. The van der Waals surface area contributed by atoms with Crippen molar-refractivity contribution in [2.24, 2.45) is 5.41 Å². The van der Waals surface area contributed by atoms with Crippen LogP contribution in [-0.4, -0.2) is 11.5 Å². The fraction of sp³-hybridized carbons (Fsp3) is 0.462. The van der Waals surface area contributed by atoms with Crippen LogP contribution in [0.15, 0.2) is 29.2 Å². The fourth-order valence-corrected chi connectivity index (χ4v) is 2.25. The van der Waals surface area contributed by atoms with E-state index in [-0.39, 0.29) is 5.41 Å². The average Bonchev–Trinajstić information content (AvgIpc) is 2.12. The molecule has 0 radical (unpaired) electrons. The van der Waals surface area contributed by atoms with Crippen molar-refractivity contribution < 1.29 is 4.79 Å². The molecule has 2 heteroatoms. The van der Waals surface area contributed by atoms with Gasteiger partial charge in [-0.3, -0.25) is 4.79 Å². The Kier molecular flexibility index (Phi) is 3.97. The molecular formula is C13H18OS. The molecule has 1 nitrogen and oxygen atoms in total. The summed E-state index contributed by atoms with van der Waals surface area (Å²) in [6.07, 6.45) is 0. The first-order chi connectivity index (χ1) is 6.89. The van der Waals surface area contributed by atoms with Crippen molar-refractivity contribution in [1.82, 2.24) is 0 Å². The summed E-state index contributed by atoms with van der Waals surface area (Å²) >= 11 is 1.62. The minimum Gasteiger partial charge on any atom is -0.298 e. The van der Waals surface area contributed by atoms with Gasteiger partial charge in [-0.05, 0) is 19.1 Å². The van der Waals surface area contributed by atoms with Crippen molar-refractivity contribution in [1.29, 1.82) is 0 Å². The zero-order valence-electron chi connectivity index (χ0n) is 9.83. The maximum Gasteiger partial charge on any atom is 0.148 e. The summed E-state index contributed by atoms with van der Waals surface area (Å²) in [6, 6.07) is 8.25. The van der Waals surface area contributed by atoms with Gasteiger partial charge in [-0.15, -0.1) is 11.8 Å². The summed E-state index contributed by atoms with van der Waals surface area (Å²) < 4.78 is 0. The minimum atomic E-state index is -0.225. The standard InChI is InChI=1S/C13H18OS/c1-10-6-5-7-11(8-10)15-9-12(14)13(2,3)4/h5-8H,9H2,1-4H3. The SMILES string of the molecule is Cc1cccc(SCC(=O)C(C)(C)C)c1. The highest BCUT2D eigenvalue weighted by Gasteiger charge is 2.20. The van der Waals surface area contributed by atoms with Crippen LogP contribution in [-0.2, 0) is 4.79 Å². The van der Waals surface area contributed by atoms with E-state index in [4.69, 9.17) is 0 Å². The smallest absolute Gasteiger partial charge is 0.148 e. The van der Waals surface area contributed by atoms with Crippen LogP contribution < -0.4 is 0 Å². The van der Waals surface area contributed by atoms with Crippen LogP contribution in [0.5, 0.6) is 0 Å². The number of hydrogen-bond donors (Lipinski definition) is 0. The quantitative estimate of drug-likeness (QED) is 0.725. The van der Waals surface area contributed by atoms with E-state index in [0.717, 1.165) is 0 Å². The summed E-state index contributed by atoms with van der Waals surface area (Å²) in [5.41, 5.74) is 1.01. The third-order valence-corrected chi connectivity index (χ3v) is 3.19. The number of carbonyl (C=O) groups is 1. The van der Waals surface area contributed by atoms with Gasteiger partial charge in [0.25, 0.3) is 0 Å². The molecule has 0 heterocycles. The maximum absolute atomic E-state index is 11.7. The van der Waals surface area contributed by atoms with Gasteiger partial charge in [0.15, 0.2) is 0 Å². The first kappa shape index (κ1) is 12.3. The van der Waals surface area contributed by atoms with Crippen LogP contribution in [0.1, 0.15) is 26.3 Å². The lowest BCUT2D eigenvalue weighted by Gasteiger charge is -2.15. The predicted octanol–water partition coefficient (Wildman–Crippen LogP) is 3.70. The molecule has 0 aliphatic heterocycles. The predicted molar refractivity (Wildman–Crippen MR) is 66.4 cm³/mol. The van der Waals surface area contributed by atoms with E-state index < -0.39 is 0 Å². The monoisotopic (exact) mass is 222 g/mol. The third kappa shape index (κ3) is 4.08. The van der Waals surface area contributed by atoms with Gasteiger partial charge in [0.1, 0.15) is 5.78 Å². The number of hydrogen-bond acceptors (Lipinski definition) is 2. The van der Waals surface area contributed by atoms with E-state index in [2.05, 4.69) is 19.1 Å². The highest BCUT2D eigenvalue weighted by Crippen LogP contribution is 2.23. The van der Waals surface area contributed by atoms with Crippen molar-refractivity contribution in [3.8, 4) is 0 Å². The van der Waals surface area contributed by atoms with E-state index in [1.54, 1.807) is 11.8 Å². The lowest BCUT2D eigenvalue weighted by atomic mass is 9.92. The van der Waals surface area contributed by atoms with Crippen molar-refractivity contribution in [3.05, 3.63) is 29.8 Å². The van der Waals surface area contributed by atoms with Gasteiger partial charge < -0.3 is 0 Å². The van der Waals surface area contributed by atoms with Crippen molar-refractivity contribution >= 4 is 17.5 Å². The van der Waals surface area contributed by atoms with Gasteiger partial charge in [-0.25, -0.2) is 0 Å². The second kappa shape index (κ2) is 4.84. The lowest BCUT2D eigenvalue weighted by Crippen LogP contribution is -2.21. The molecular weight excluding hydrogens is 204 g/mol. The normalized spacial score (nSPS) is 11.5. The van der Waals surface area contributed by atoms with Gasteiger partial charge in [0, 0.05) is 10.3 Å². The number of Topliss-reactive ketones (excluding diaryl/α,β-unsaturated/α-hetero) is 1. The van der Waals surface area contributed by atoms with Gasteiger partial charge in [0.2, 0.25) is 0 Å². The summed E-state index contributed by atoms with van der Waals surface area (Å²) in [7, 11) is 0. The highest BCUT2D eigenvalue weighted by atomic mass is 32.2. The first-order valence-corrected chi connectivity index (χ1v) is 6.11. The molecule has 0 bridgehead atoms. The molecule has 0 aromatic heterocycles. The van der Waals surface area contributed by atoms with Crippen LogP contribution in [0.3, 0.4) is 0 Å². The zero-order chi connectivity index (χ0) is 11.5. The van der Waals surface area contributed by atoms with E-state index in [0.29, 0.717) is 11.5 Å². The molecule has 1 aromatic carbocycles. The second-order valence-electron chi connectivity index (χ2n) is 4.78. The molecule has 0 aliphatic rings. The molecule has 0 amide bonds. The Morgan fingerprint density at radius 1 is 1.33 bits per heavy atom. The number of thioether (sulfide) groups is 1. The molecule has 1 rings (SSSR count). The second-order valence-corrected chi connectivity index (χ2v) is 5.83. The Morgan fingerprint density at radius 3 is 2.53 bits per heavy atom. The molecule has 0 spiro atoms. The van der Waals surface area contributed by atoms with E-state index in [9.17, 15) is 4.79 Å². The van der Waals surface area contributed by atoms with Crippen molar-refractivity contribution in [2.75, 3.05) is 5.75 Å². The molecule has 0 N–H and O–H groups in total. The maximum atomic E-state index is 11.7. The summed E-state index contributed by atoms with van der Waals surface area (Å²) in [6.45, 7) is 7.96. The van der Waals surface area contributed by atoms with Gasteiger partial charge in [-0.2, -0.15) is 0 Å². The largest absolute Gasteiger partial charge is 0.298 e. The average molecular weight is 222 g/mol. The number of carbonyl (C=O) groups excluding carboxylic acids is 1. The van der Waals surface area contributed by atoms with Crippen LogP contribution in [0.2, 0.25) is 0 Å². The topological polar surface area (TPSA) is 17.1 Å². The van der Waals surface area contributed by atoms with Crippen molar-refractivity contribution in [3.63, 3.8) is 0 Å². The van der Waals surface area contributed by atoms with Crippen LogP contribution in [0.25, 0.3) is 0 Å². The van der Waals surface area contributed by atoms with Gasteiger partial charge in [0.05, 0.1) is 5.75 Å². The van der Waals surface area contributed by atoms with E-state index in [1.807, 2.05) is 32.9 Å². The molecule has 82 valence electrons. The van der Waals surface area contributed by atoms with Gasteiger partial charge >= 0.3 is 0 Å². The van der Waals surface area contributed by atoms with E-state index in [1.165, 1.54) is 10.5 Å². The van der Waals surface area contributed by atoms with Crippen molar-refractivity contribution in [2.45, 2.75) is 32.6 Å². The van der Waals surface area contributed by atoms with E-state index >= 15 is 0 Å². The number of ketones is 1. The third-order valence-electron chi connectivity index (χ3n) is 2.20. The van der Waals surface area contributed by atoms with Gasteiger partial charge in [-0.1, -0.05) is 38.5 Å². The highest BCUT2D eigenvalue weighted by molar-refractivity contribution is 8.00. The molecule has 0 aliphatic carbocycles. The summed E-state index contributed by atoms with van der Waals surface area (Å²) in [4.78, 5) is 12.9. The Morgan fingerprint density at radius 2 is 2.00 bits per heavy atom. The fourth-order valence-electron chi connectivity index (χ4n) is 1.07. The Bertz CT molecular complexity index is 350. The molecule has 0 fully saturated rings. The Hall–Kier alpha value is -0.760. The summed E-state index contributed by atoms with van der Waals surface area (Å²) in [5.74, 6) is 0.862. The van der Waals surface area contributed by atoms with Crippen LogP contribution >= 0.6 is 11.8 Å². The van der Waals surface area contributed by atoms with Crippen LogP contribution in [0, 0.1) is 12.3 Å². The van der Waals surface area contributed by atoms with Crippen LogP contribution in [0.4, 0.5) is 0 Å². The molecule has 0 unspecified atom stereocenters. The Labute approximate surface area is 96.3 Å². The number of aryl methyl sites for hydroxylation is 1. The molecule has 0 saturated carbocycles. The summed E-state index contributed by atoms with van der Waals surface area (Å²) in [5, 5.41) is 0. The zero-order valence-corrected chi connectivity index (χ0v) is 10.6. The molecule has 15 heavy (non-hydrogen) atoms. The molecule has 1 aromatic rings. The molecule has 0 saturated heterocycles.